The average Bonchev–Trinajstić information content (AvgIpc) is 3.08. The van der Waals surface area contributed by atoms with Crippen LogP contribution in [-0.2, 0) is 20.1 Å². The van der Waals surface area contributed by atoms with Crippen LogP contribution in [0.15, 0.2) is 27.9 Å². The molecule has 0 radical (unpaired) electrons. The molecule has 10 heteroatoms. The summed E-state index contributed by atoms with van der Waals surface area (Å²) in [6, 6.07) is 3.27. The molecule has 0 aromatic carbocycles. The topological polar surface area (TPSA) is 130 Å². The first kappa shape index (κ1) is 21.1. The molecule has 1 atom stereocenters. The molecule has 0 bridgehead atoms. The number of nitrogens with two attached hydrogens (primary N) is 2. The molecule has 0 amide bonds. The third-order valence-corrected chi connectivity index (χ3v) is 4.76. The number of nitrogen functional groups attached to an aromatic ring is 1. The summed E-state index contributed by atoms with van der Waals surface area (Å²) < 4.78 is 4.19. The summed E-state index contributed by atoms with van der Waals surface area (Å²) in [5.74, 6) is 6.34. The van der Waals surface area contributed by atoms with E-state index in [9.17, 15) is 9.59 Å². The highest BCUT2D eigenvalue weighted by atomic mass is 16.2. The van der Waals surface area contributed by atoms with E-state index in [4.69, 9.17) is 11.5 Å². The van der Waals surface area contributed by atoms with Crippen molar-refractivity contribution in [2.24, 2.45) is 12.8 Å². The Hall–Kier alpha value is -3.58. The summed E-state index contributed by atoms with van der Waals surface area (Å²) in [5, 5.41) is 0. The van der Waals surface area contributed by atoms with Crippen LogP contribution in [0.1, 0.15) is 19.5 Å². The molecule has 3 aromatic rings. The Balaban J connectivity index is 2.29. The molecule has 0 saturated carbocycles. The van der Waals surface area contributed by atoms with Gasteiger partial charge in [-0.2, -0.15) is 4.98 Å². The van der Waals surface area contributed by atoms with E-state index in [2.05, 4.69) is 21.8 Å². The van der Waals surface area contributed by atoms with Gasteiger partial charge < -0.3 is 16.4 Å². The fourth-order valence-electron chi connectivity index (χ4n) is 3.34. The molecule has 0 aliphatic rings. The van der Waals surface area contributed by atoms with E-state index in [1.807, 2.05) is 18.9 Å². The fraction of sp³-hybridized carbons (Fsp3) is 0.400. The quantitative estimate of drug-likeness (QED) is 0.535. The van der Waals surface area contributed by atoms with Gasteiger partial charge in [0.1, 0.15) is 0 Å². The minimum absolute atomic E-state index is 0.0379. The number of likely N-dealkylation sites (N-methyl/N-ethyl adjacent to an activating group) is 1. The van der Waals surface area contributed by atoms with Gasteiger partial charge in [-0.15, -0.1) is 5.92 Å². The first-order valence-corrected chi connectivity index (χ1v) is 9.52. The van der Waals surface area contributed by atoms with Crippen LogP contribution < -0.4 is 27.6 Å². The van der Waals surface area contributed by atoms with Crippen LogP contribution in [0.5, 0.6) is 0 Å². The van der Waals surface area contributed by atoms with Crippen molar-refractivity contribution in [3.63, 3.8) is 0 Å². The number of aryl methyl sites for hydroxylation is 1. The third-order valence-electron chi connectivity index (χ3n) is 4.76. The molecule has 3 rings (SSSR count). The van der Waals surface area contributed by atoms with Gasteiger partial charge in [-0.1, -0.05) is 5.92 Å². The van der Waals surface area contributed by atoms with Gasteiger partial charge in [0.15, 0.2) is 11.2 Å². The van der Waals surface area contributed by atoms with Crippen molar-refractivity contribution < 1.29 is 0 Å². The van der Waals surface area contributed by atoms with Gasteiger partial charge in [-0.05, 0) is 26.0 Å². The maximum atomic E-state index is 13.4. The summed E-state index contributed by atoms with van der Waals surface area (Å²) in [4.78, 5) is 37.0. The monoisotopic (exact) mass is 410 g/mol. The Morgan fingerprint density at radius 3 is 2.67 bits per heavy atom. The largest absolute Gasteiger partial charge is 0.397 e. The highest BCUT2D eigenvalue weighted by Crippen LogP contribution is 2.19. The van der Waals surface area contributed by atoms with E-state index >= 15 is 0 Å². The summed E-state index contributed by atoms with van der Waals surface area (Å²) in [6.07, 6.45) is 1.57. The number of pyridine rings is 1. The molecule has 158 valence electrons. The van der Waals surface area contributed by atoms with Crippen LogP contribution in [-0.4, -0.2) is 43.3 Å². The maximum Gasteiger partial charge on any atom is 0.332 e. The minimum atomic E-state index is -0.495. The Morgan fingerprint density at radius 1 is 1.30 bits per heavy atom. The second-order valence-corrected chi connectivity index (χ2v) is 7.23. The molecule has 0 fully saturated rings. The number of anilines is 2. The summed E-state index contributed by atoms with van der Waals surface area (Å²) in [7, 11) is 3.42. The Morgan fingerprint density at radius 2 is 2.03 bits per heavy atom. The molecule has 0 saturated heterocycles. The first-order valence-electron chi connectivity index (χ1n) is 9.52. The van der Waals surface area contributed by atoms with Gasteiger partial charge in [0.05, 0.1) is 24.5 Å². The van der Waals surface area contributed by atoms with Gasteiger partial charge in [0.2, 0.25) is 5.95 Å². The van der Waals surface area contributed by atoms with Crippen molar-refractivity contribution in [3.05, 3.63) is 44.9 Å². The zero-order valence-corrected chi connectivity index (χ0v) is 17.6. The Kier molecular flexibility index (Phi) is 5.94. The van der Waals surface area contributed by atoms with Crippen LogP contribution >= 0.6 is 0 Å². The number of aromatic nitrogens is 5. The second-order valence-electron chi connectivity index (χ2n) is 7.23. The number of imidazole rings is 1. The van der Waals surface area contributed by atoms with E-state index in [0.29, 0.717) is 35.0 Å². The lowest BCUT2D eigenvalue weighted by atomic mass is 10.3. The number of nitrogens with zero attached hydrogens (tertiary/aromatic N) is 6. The smallest absolute Gasteiger partial charge is 0.332 e. The Bertz CT molecular complexity index is 1260. The van der Waals surface area contributed by atoms with Gasteiger partial charge in [0.25, 0.3) is 5.56 Å². The second kappa shape index (κ2) is 8.42. The fourth-order valence-corrected chi connectivity index (χ4v) is 3.34. The molecular weight excluding hydrogens is 384 g/mol. The van der Waals surface area contributed by atoms with Crippen LogP contribution in [0.25, 0.3) is 11.2 Å². The molecule has 0 spiro atoms. The molecule has 0 unspecified atom stereocenters. The van der Waals surface area contributed by atoms with Gasteiger partial charge in [0, 0.05) is 32.9 Å². The molecule has 10 nitrogen and oxygen atoms in total. The van der Waals surface area contributed by atoms with Crippen molar-refractivity contribution in [2.75, 3.05) is 24.2 Å². The summed E-state index contributed by atoms with van der Waals surface area (Å²) >= 11 is 0. The Labute approximate surface area is 173 Å². The van der Waals surface area contributed by atoms with Crippen LogP contribution in [0.2, 0.25) is 0 Å². The molecule has 3 aromatic heterocycles. The predicted molar refractivity (Wildman–Crippen MR) is 117 cm³/mol. The molecule has 30 heavy (non-hydrogen) atoms. The lowest BCUT2D eigenvalue weighted by Crippen LogP contribution is -2.40. The van der Waals surface area contributed by atoms with E-state index in [1.54, 1.807) is 36.9 Å². The van der Waals surface area contributed by atoms with E-state index in [0.717, 1.165) is 4.57 Å². The normalized spacial score (nSPS) is 11.9. The zero-order chi connectivity index (χ0) is 22.0. The average molecular weight is 410 g/mol. The highest BCUT2D eigenvalue weighted by Gasteiger charge is 2.22. The molecular formula is C20H26N8O2. The zero-order valence-electron chi connectivity index (χ0n) is 17.6. The van der Waals surface area contributed by atoms with Gasteiger partial charge in [-0.3, -0.25) is 23.5 Å². The first-order chi connectivity index (χ1) is 14.3. The van der Waals surface area contributed by atoms with Crippen molar-refractivity contribution in [2.45, 2.75) is 33.0 Å². The highest BCUT2D eigenvalue weighted by molar-refractivity contribution is 5.74. The lowest BCUT2D eigenvalue weighted by molar-refractivity contribution is 0.645. The number of hydrogen-bond donors (Lipinski definition) is 2. The maximum absolute atomic E-state index is 13.4. The molecule has 0 aliphatic carbocycles. The SMILES string of the molecule is CC#CCn1c(N(C)C[C@H](C)N)nc2c1c(=O)n(Cc1ncccc1N)c(=O)n2C. The molecule has 0 aliphatic heterocycles. The summed E-state index contributed by atoms with van der Waals surface area (Å²) in [6.45, 7) is 4.35. The van der Waals surface area contributed by atoms with Crippen LogP contribution in [0, 0.1) is 11.8 Å². The van der Waals surface area contributed by atoms with Gasteiger partial charge in [-0.25, -0.2) is 4.79 Å². The lowest BCUT2D eigenvalue weighted by Gasteiger charge is -2.20. The number of hydrogen-bond acceptors (Lipinski definition) is 7. The van der Waals surface area contributed by atoms with Crippen LogP contribution in [0.3, 0.4) is 0 Å². The molecule has 3 heterocycles. The minimum Gasteiger partial charge on any atom is -0.397 e. The van der Waals surface area contributed by atoms with Crippen molar-refractivity contribution in [3.8, 4) is 11.8 Å². The van der Waals surface area contributed by atoms with E-state index < -0.39 is 11.2 Å². The predicted octanol–water partition coefficient (Wildman–Crippen LogP) is -0.271. The van der Waals surface area contributed by atoms with Crippen LogP contribution in [0.4, 0.5) is 11.6 Å². The number of fused-ring (bicyclic) bond motifs is 1. The summed E-state index contributed by atoms with van der Waals surface area (Å²) in [5.41, 5.74) is 12.4. The van der Waals surface area contributed by atoms with E-state index in [-0.39, 0.29) is 19.1 Å². The molecule has 4 N–H and O–H groups in total. The van der Waals surface area contributed by atoms with Crippen molar-refractivity contribution >= 4 is 22.8 Å². The van der Waals surface area contributed by atoms with Crippen molar-refractivity contribution in [1.29, 1.82) is 0 Å². The van der Waals surface area contributed by atoms with Gasteiger partial charge >= 0.3 is 5.69 Å². The third kappa shape index (κ3) is 3.79. The van der Waals surface area contributed by atoms with E-state index in [1.165, 1.54) is 4.57 Å². The number of rotatable bonds is 6. The standard InChI is InChI=1S/C20H26N8O2/c1-5-6-10-27-16-17(24-19(27)25(3)11-13(2)21)26(4)20(30)28(18(16)29)12-15-14(22)8-7-9-23-15/h7-9,13H,10-12,21-22H2,1-4H3/t13-/m0/s1. The van der Waals surface area contributed by atoms with Crippen molar-refractivity contribution in [1.82, 2.24) is 23.7 Å².